The molecule has 3 heteroatoms. The topological polar surface area (TPSA) is 49.3 Å². The molecule has 3 nitrogen and oxygen atoms in total. The van der Waals surface area contributed by atoms with E-state index in [-0.39, 0.29) is 0 Å². The van der Waals surface area contributed by atoms with Crippen LogP contribution in [0.2, 0.25) is 0 Å². The standard InChI is InChI=1S/C11H13NO2/c13-9-5-4-8-2-1-3-11(12-14)10(8)7-6-9/h1-3,12,14H,4-7H2. The average molecular weight is 191 g/mol. The highest BCUT2D eigenvalue weighted by Gasteiger charge is 2.15. The van der Waals surface area contributed by atoms with Crippen LogP contribution in [0.3, 0.4) is 0 Å². The van der Waals surface area contributed by atoms with Crippen molar-refractivity contribution in [1.29, 1.82) is 0 Å². The van der Waals surface area contributed by atoms with E-state index in [1.807, 2.05) is 18.2 Å². The van der Waals surface area contributed by atoms with E-state index in [4.69, 9.17) is 5.21 Å². The van der Waals surface area contributed by atoms with Crippen molar-refractivity contribution in [3.8, 4) is 0 Å². The van der Waals surface area contributed by atoms with Gasteiger partial charge in [-0.05, 0) is 30.0 Å². The fourth-order valence-corrected chi connectivity index (χ4v) is 1.93. The Balaban J connectivity index is 2.39. The number of benzene rings is 1. The van der Waals surface area contributed by atoms with E-state index in [1.165, 1.54) is 5.56 Å². The van der Waals surface area contributed by atoms with Crippen LogP contribution in [0.25, 0.3) is 0 Å². The Labute approximate surface area is 82.7 Å². The first kappa shape index (κ1) is 9.21. The minimum Gasteiger partial charge on any atom is -0.300 e. The van der Waals surface area contributed by atoms with E-state index >= 15 is 0 Å². The van der Waals surface area contributed by atoms with Gasteiger partial charge in [0.1, 0.15) is 5.78 Å². The first-order valence-corrected chi connectivity index (χ1v) is 4.84. The summed E-state index contributed by atoms with van der Waals surface area (Å²) in [6.45, 7) is 0. The summed E-state index contributed by atoms with van der Waals surface area (Å²) in [5.41, 5.74) is 5.18. The Kier molecular flexibility index (Phi) is 2.50. The first-order chi connectivity index (χ1) is 6.81. The second-order valence-corrected chi connectivity index (χ2v) is 3.59. The molecule has 0 heterocycles. The predicted octanol–water partition coefficient (Wildman–Crippen LogP) is 1.94. The summed E-state index contributed by atoms with van der Waals surface area (Å²) >= 11 is 0. The number of ketones is 1. The Hall–Kier alpha value is -1.35. The maximum atomic E-state index is 11.3. The van der Waals surface area contributed by atoms with E-state index in [0.717, 1.165) is 24.1 Å². The van der Waals surface area contributed by atoms with Crippen LogP contribution in [0.15, 0.2) is 18.2 Å². The van der Waals surface area contributed by atoms with Crippen molar-refractivity contribution < 1.29 is 10.0 Å². The summed E-state index contributed by atoms with van der Waals surface area (Å²) in [6, 6.07) is 5.75. The van der Waals surface area contributed by atoms with Crippen LogP contribution in [-0.2, 0) is 17.6 Å². The molecule has 0 unspecified atom stereocenters. The highest BCUT2D eigenvalue weighted by Crippen LogP contribution is 2.25. The van der Waals surface area contributed by atoms with Crippen molar-refractivity contribution in [2.45, 2.75) is 25.7 Å². The van der Waals surface area contributed by atoms with Crippen LogP contribution in [0.4, 0.5) is 5.69 Å². The number of rotatable bonds is 1. The quantitative estimate of drug-likeness (QED) is 0.526. The lowest BCUT2D eigenvalue weighted by Gasteiger charge is -2.09. The second kappa shape index (κ2) is 3.80. The van der Waals surface area contributed by atoms with Crippen LogP contribution in [-0.4, -0.2) is 11.0 Å². The van der Waals surface area contributed by atoms with E-state index in [1.54, 1.807) is 0 Å². The number of nitrogens with one attached hydrogen (secondary N) is 1. The van der Waals surface area contributed by atoms with Gasteiger partial charge in [-0.2, -0.15) is 0 Å². The molecule has 0 fully saturated rings. The predicted molar refractivity (Wildman–Crippen MR) is 53.5 cm³/mol. The Morgan fingerprint density at radius 2 is 1.93 bits per heavy atom. The largest absolute Gasteiger partial charge is 0.300 e. The fourth-order valence-electron chi connectivity index (χ4n) is 1.93. The number of carbonyl (C=O) groups is 1. The van der Waals surface area contributed by atoms with Gasteiger partial charge in [0.25, 0.3) is 0 Å². The summed E-state index contributed by atoms with van der Waals surface area (Å²) in [5, 5.41) is 8.92. The highest BCUT2D eigenvalue weighted by atomic mass is 16.5. The molecule has 0 radical (unpaired) electrons. The molecule has 1 aliphatic carbocycles. The Bertz CT molecular complexity index is 360. The summed E-state index contributed by atoms with van der Waals surface area (Å²) in [7, 11) is 0. The molecule has 1 aromatic carbocycles. The number of fused-ring (bicyclic) bond motifs is 1. The van der Waals surface area contributed by atoms with Crippen molar-refractivity contribution in [2.24, 2.45) is 0 Å². The molecule has 0 saturated carbocycles. The van der Waals surface area contributed by atoms with E-state index in [2.05, 4.69) is 5.48 Å². The molecular formula is C11H13NO2. The van der Waals surface area contributed by atoms with Crippen molar-refractivity contribution in [1.82, 2.24) is 0 Å². The number of carbonyl (C=O) groups excluding carboxylic acids is 1. The Morgan fingerprint density at radius 1 is 1.14 bits per heavy atom. The molecule has 0 spiro atoms. The summed E-state index contributed by atoms with van der Waals surface area (Å²) in [5.74, 6) is 0.310. The third-order valence-corrected chi connectivity index (χ3v) is 2.72. The van der Waals surface area contributed by atoms with Crippen molar-refractivity contribution in [3.63, 3.8) is 0 Å². The molecule has 0 bridgehead atoms. The molecule has 2 N–H and O–H groups in total. The van der Waals surface area contributed by atoms with E-state index < -0.39 is 0 Å². The van der Waals surface area contributed by atoms with Gasteiger partial charge in [-0.25, -0.2) is 0 Å². The molecular weight excluding hydrogens is 178 g/mol. The lowest BCUT2D eigenvalue weighted by molar-refractivity contribution is -0.118. The molecule has 0 aliphatic heterocycles. The lowest BCUT2D eigenvalue weighted by atomic mass is 10.0. The third kappa shape index (κ3) is 1.63. The zero-order valence-electron chi connectivity index (χ0n) is 7.92. The summed E-state index contributed by atoms with van der Waals surface area (Å²) in [6.07, 6.45) is 2.75. The van der Waals surface area contributed by atoms with E-state index in [0.29, 0.717) is 18.6 Å². The van der Waals surface area contributed by atoms with E-state index in [9.17, 15) is 4.79 Å². The minimum atomic E-state index is 0.310. The SMILES string of the molecule is O=C1CCc2cccc(NO)c2CC1. The molecule has 0 amide bonds. The maximum absolute atomic E-state index is 11.3. The van der Waals surface area contributed by atoms with Crippen LogP contribution >= 0.6 is 0 Å². The van der Waals surface area contributed by atoms with Gasteiger partial charge in [0, 0.05) is 12.8 Å². The molecule has 2 rings (SSSR count). The van der Waals surface area contributed by atoms with Crippen LogP contribution in [0.1, 0.15) is 24.0 Å². The van der Waals surface area contributed by atoms with Gasteiger partial charge in [0.15, 0.2) is 0 Å². The smallest absolute Gasteiger partial charge is 0.133 e. The minimum absolute atomic E-state index is 0.310. The molecule has 0 saturated heterocycles. The van der Waals surface area contributed by atoms with Crippen LogP contribution < -0.4 is 5.48 Å². The molecule has 0 aromatic heterocycles. The number of Topliss-reactive ketones (excluding diaryl/α,β-unsaturated/α-hetero) is 1. The normalized spacial score (nSPS) is 15.9. The van der Waals surface area contributed by atoms with Crippen LogP contribution in [0, 0.1) is 0 Å². The van der Waals surface area contributed by atoms with Gasteiger partial charge in [0.05, 0.1) is 5.69 Å². The lowest BCUT2D eigenvalue weighted by Crippen LogP contribution is -1.99. The van der Waals surface area contributed by atoms with Gasteiger partial charge in [0.2, 0.25) is 0 Å². The average Bonchev–Trinajstić information content (AvgIpc) is 2.41. The zero-order chi connectivity index (χ0) is 9.97. The molecule has 1 aliphatic rings. The van der Waals surface area contributed by atoms with Crippen LogP contribution in [0.5, 0.6) is 0 Å². The van der Waals surface area contributed by atoms with Crippen molar-refractivity contribution in [3.05, 3.63) is 29.3 Å². The summed E-state index contributed by atoms with van der Waals surface area (Å²) in [4.78, 5) is 11.3. The van der Waals surface area contributed by atoms with Crippen molar-refractivity contribution in [2.75, 3.05) is 5.48 Å². The summed E-state index contributed by atoms with van der Waals surface area (Å²) < 4.78 is 0. The maximum Gasteiger partial charge on any atom is 0.133 e. The highest BCUT2D eigenvalue weighted by molar-refractivity contribution is 5.80. The third-order valence-electron chi connectivity index (χ3n) is 2.72. The number of hydrogen-bond acceptors (Lipinski definition) is 3. The molecule has 0 atom stereocenters. The first-order valence-electron chi connectivity index (χ1n) is 4.84. The van der Waals surface area contributed by atoms with Gasteiger partial charge in [-0.3, -0.25) is 15.5 Å². The Morgan fingerprint density at radius 3 is 2.71 bits per heavy atom. The number of aryl methyl sites for hydroxylation is 1. The van der Waals surface area contributed by atoms with Gasteiger partial charge in [-0.1, -0.05) is 12.1 Å². The molecule has 74 valence electrons. The fraction of sp³-hybridized carbons (Fsp3) is 0.364. The zero-order valence-corrected chi connectivity index (χ0v) is 7.92. The number of anilines is 1. The van der Waals surface area contributed by atoms with Crippen molar-refractivity contribution >= 4 is 11.5 Å². The monoisotopic (exact) mass is 191 g/mol. The molecule has 1 aromatic rings. The van der Waals surface area contributed by atoms with Gasteiger partial charge in [-0.15, -0.1) is 0 Å². The van der Waals surface area contributed by atoms with Gasteiger partial charge >= 0.3 is 0 Å². The van der Waals surface area contributed by atoms with Gasteiger partial charge < -0.3 is 0 Å². The second-order valence-electron chi connectivity index (χ2n) is 3.59. The number of hydrogen-bond donors (Lipinski definition) is 2. The molecule has 14 heavy (non-hydrogen) atoms.